The first-order valence-corrected chi connectivity index (χ1v) is 7.22. The van der Waals surface area contributed by atoms with Gasteiger partial charge in [-0.25, -0.2) is 14.6 Å². The molecule has 1 heterocycles. The molecule has 0 aromatic heterocycles. The molecule has 0 N–H and O–H groups in total. The maximum absolute atomic E-state index is 12.3. The summed E-state index contributed by atoms with van der Waals surface area (Å²) in [5.74, 6) is -0.0420. The number of rotatable bonds is 3. The predicted molar refractivity (Wildman–Crippen MR) is 88.5 cm³/mol. The van der Waals surface area contributed by atoms with Gasteiger partial charge in [0, 0.05) is 12.6 Å². The Bertz CT molecular complexity index is 787. The molecule has 0 spiro atoms. The van der Waals surface area contributed by atoms with Gasteiger partial charge in [-0.1, -0.05) is 30.3 Å². The zero-order valence-electron chi connectivity index (χ0n) is 13.2. The van der Waals surface area contributed by atoms with Gasteiger partial charge in [-0.05, 0) is 24.3 Å². The van der Waals surface area contributed by atoms with Gasteiger partial charge in [0.05, 0.1) is 18.4 Å². The number of methoxy groups -OCH3 is 1. The number of benzene rings is 2. The Hall–Kier alpha value is -3.35. The number of carbonyl (C=O) groups is 2. The van der Waals surface area contributed by atoms with Crippen LogP contribution in [-0.4, -0.2) is 37.0 Å². The highest BCUT2D eigenvalue weighted by molar-refractivity contribution is 6.06. The third-order valence-electron chi connectivity index (χ3n) is 3.46. The van der Waals surface area contributed by atoms with Crippen molar-refractivity contribution in [3.63, 3.8) is 0 Å². The van der Waals surface area contributed by atoms with Crippen molar-refractivity contribution in [2.45, 2.75) is 0 Å². The molecule has 1 aliphatic rings. The molecule has 2 aromatic rings. The number of amidine groups is 1. The second-order valence-electron chi connectivity index (χ2n) is 5.05. The quantitative estimate of drug-likeness (QED) is 0.813. The van der Waals surface area contributed by atoms with Gasteiger partial charge in [0.2, 0.25) is 0 Å². The lowest BCUT2D eigenvalue weighted by Crippen LogP contribution is -2.50. The third kappa shape index (κ3) is 2.91. The van der Waals surface area contributed by atoms with Gasteiger partial charge in [0.25, 0.3) is 0 Å². The smallest absolute Gasteiger partial charge is 0.365 e. The van der Waals surface area contributed by atoms with E-state index in [1.54, 1.807) is 43.4 Å². The molecule has 3 rings (SSSR count). The van der Waals surface area contributed by atoms with E-state index < -0.39 is 5.97 Å². The van der Waals surface area contributed by atoms with Crippen LogP contribution in [0.5, 0.6) is 0 Å². The Morgan fingerprint density at radius 3 is 2.33 bits per heavy atom. The van der Waals surface area contributed by atoms with Crippen LogP contribution < -0.4 is 10.4 Å². The fourth-order valence-corrected chi connectivity index (χ4v) is 2.21. The van der Waals surface area contributed by atoms with Gasteiger partial charge < -0.3 is 4.74 Å². The molecule has 7 nitrogen and oxygen atoms in total. The van der Waals surface area contributed by atoms with Crippen molar-refractivity contribution in [1.29, 1.82) is 0 Å². The summed E-state index contributed by atoms with van der Waals surface area (Å²) in [6, 6.07) is 15.4. The second kappa shape index (κ2) is 6.41. The predicted octanol–water partition coefficient (Wildman–Crippen LogP) is 2.23. The molecule has 2 aromatic carbocycles. The fraction of sp³-hybridized carbons (Fsp3) is 0.118. The Labute approximate surface area is 139 Å². The number of para-hydroxylation sites is 1. The van der Waals surface area contributed by atoms with E-state index in [1.807, 2.05) is 18.2 Å². The number of esters is 1. The maximum atomic E-state index is 12.3. The highest BCUT2D eigenvalue weighted by atomic mass is 16.5. The van der Waals surface area contributed by atoms with Crippen LogP contribution in [0.25, 0.3) is 0 Å². The minimum atomic E-state index is -0.415. The Morgan fingerprint density at radius 2 is 1.71 bits per heavy atom. The molecular weight excluding hydrogens is 308 g/mol. The molecule has 2 amide bonds. The molecule has 7 heteroatoms. The lowest BCUT2D eigenvalue weighted by molar-refractivity contribution is 0.0600. The van der Waals surface area contributed by atoms with E-state index >= 15 is 0 Å². The summed E-state index contributed by atoms with van der Waals surface area (Å²) in [6.45, 7) is 0. The molecule has 0 fully saturated rings. The molecule has 1 aliphatic heterocycles. The van der Waals surface area contributed by atoms with Gasteiger partial charge in [-0.2, -0.15) is 5.01 Å². The molecule has 0 saturated heterocycles. The summed E-state index contributed by atoms with van der Waals surface area (Å²) < 4.78 is 4.67. The molecule has 0 atom stereocenters. The van der Waals surface area contributed by atoms with Crippen LogP contribution in [0.4, 0.5) is 10.5 Å². The van der Waals surface area contributed by atoms with E-state index in [2.05, 4.69) is 15.3 Å². The van der Waals surface area contributed by atoms with Crippen LogP contribution in [0, 0.1) is 0 Å². The van der Waals surface area contributed by atoms with E-state index in [9.17, 15) is 9.59 Å². The number of ether oxygens (including phenoxy) is 1. The van der Waals surface area contributed by atoms with Crippen LogP contribution in [-0.2, 0) is 4.74 Å². The van der Waals surface area contributed by atoms with Crippen LogP contribution in [0.3, 0.4) is 0 Å². The van der Waals surface area contributed by atoms with E-state index in [1.165, 1.54) is 17.1 Å². The molecule has 0 saturated carbocycles. The van der Waals surface area contributed by atoms with Gasteiger partial charge >= 0.3 is 12.0 Å². The number of carbonyl (C=O) groups excluding carboxylic acids is 2. The molecule has 0 bridgehead atoms. The first-order chi connectivity index (χ1) is 11.6. The van der Waals surface area contributed by atoms with Gasteiger partial charge in [0.1, 0.15) is 0 Å². The zero-order valence-corrected chi connectivity index (χ0v) is 13.2. The highest BCUT2D eigenvalue weighted by Gasteiger charge is 2.28. The summed E-state index contributed by atoms with van der Waals surface area (Å²) in [5.41, 5.74) is 5.94. The number of urea groups is 1. The van der Waals surface area contributed by atoms with Crippen LogP contribution in [0.2, 0.25) is 0 Å². The number of anilines is 1. The maximum Gasteiger partial charge on any atom is 0.365 e. The van der Waals surface area contributed by atoms with Crippen molar-refractivity contribution in [2.75, 3.05) is 19.2 Å². The van der Waals surface area contributed by atoms with Crippen molar-refractivity contribution in [3.05, 3.63) is 65.7 Å². The number of hydrogen-bond acceptors (Lipinski definition) is 4. The monoisotopic (exact) mass is 323 g/mol. The van der Waals surface area contributed by atoms with E-state index in [-0.39, 0.29) is 6.03 Å². The van der Waals surface area contributed by atoms with Gasteiger partial charge in [-0.3, -0.25) is 0 Å². The highest BCUT2D eigenvalue weighted by Crippen LogP contribution is 2.19. The lowest BCUT2D eigenvalue weighted by atomic mass is 10.1. The van der Waals surface area contributed by atoms with Crippen molar-refractivity contribution in [3.8, 4) is 0 Å². The minimum Gasteiger partial charge on any atom is -0.465 e. The first-order valence-electron chi connectivity index (χ1n) is 7.22. The van der Waals surface area contributed by atoms with E-state index in [0.29, 0.717) is 22.6 Å². The minimum absolute atomic E-state index is 0.351. The number of hydrazone groups is 1. The number of hydrogen-bond donors (Lipinski definition) is 0. The summed E-state index contributed by atoms with van der Waals surface area (Å²) in [4.78, 5) is 23.8. The van der Waals surface area contributed by atoms with E-state index in [0.717, 1.165) is 0 Å². The SMILES string of the molecule is COC(=O)c1ccc(C2=NN(c3ccccc3)C(=O)N(C)[N]2)cc1. The Balaban J connectivity index is 1.94. The average molecular weight is 323 g/mol. The standard InChI is InChI=1S/C17H15N4O3/c1-20-17(23)21(14-6-4-3-5-7-14)19-15(18-20)12-8-10-13(11-9-12)16(22)24-2/h3-11H,1-2H3. The molecular formula is C17H15N4O3. The van der Waals surface area contributed by atoms with Crippen molar-refractivity contribution >= 4 is 23.5 Å². The Morgan fingerprint density at radius 1 is 1.04 bits per heavy atom. The van der Waals surface area contributed by atoms with Crippen molar-refractivity contribution in [2.24, 2.45) is 5.10 Å². The molecule has 121 valence electrons. The van der Waals surface area contributed by atoms with Crippen molar-refractivity contribution in [1.82, 2.24) is 10.4 Å². The third-order valence-corrected chi connectivity index (χ3v) is 3.46. The number of amides is 2. The lowest BCUT2D eigenvalue weighted by Gasteiger charge is -2.29. The fourth-order valence-electron chi connectivity index (χ4n) is 2.21. The van der Waals surface area contributed by atoms with E-state index in [4.69, 9.17) is 0 Å². The topological polar surface area (TPSA) is 76.3 Å². The second-order valence-corrected chi connectivity index (χ2v) is 5.05. The van der Waals surface area contributed by atoms with Crippen LogP contribution >= 0.6 is 0 Å². The van der Waals surface area contributed by atoms with Gasteiger partial charge in [0.15, 0.2) is 5.84 Å². The molecule has 24 heavy (non-hydrogen) atoms. The molecule has 1 radical (unpaired) electrons. The summed E-state index contributed by atoms with van der Waals surface area (Å²) in [7, 11) is 2.89. The molecule has 0 aliphatic carbocycles. The Kier molecular flexibility index (Phi) is 4.15. The van der Waals surface area contributed by atoms with Crippen molar-refractivity contribution < 1.29 is 14.3 Å². The first kappa shape index (κ1) is 15.5. The number of nitrogens with zero attached hydrogens (tertiary/aromatic N) is 4. The largest absolute Gasteiger partial charge is 0.465 e. The zero-order chi connectivity index (χ0) is 17.1. The normalized spacial score (nSPS) is 14.1. The summed E-state index contributed by atoms with van der Waals surface area (Å²) in [5, 5.41) is 6.84. The summed E-state index contributed by atoms with van der Waals surface area (Å²) in [6.07, 6.45) is 0. The van der Waals surface area contributed by atoms with Crippen LogP contribution in [0.15, 0.2) is 59.7 Å². The average Bonchev–Trinajstić information content (AvgIpc) is 2.64. The molecule has 0 unspecified atom stereocenters. The van der Waals surface area contributed by atoms with Gasteiger partial charge in [-0.15, -0.1) is 10.5 Å². The van der Waals surface area contributed by atoms with Crippen LogP contribution in [0.1, 0.15) is 15.9 Å². The summed E-state index contributed by atoms with van der Waals surface area (Å²) >= 11 is 0.